The van der Waals surface area contributed by atoms with Gasteiger partial charge in [-0.25, -0.2) is 0 Å². The predicted octanol–water partition coefficient (Wildman–Crippen LogP) is 1.77. The highest BCUT2D eigenvalue weighted by atomic mass is 28.4. The molecule has 0 aliphatic carbocycles. The highest BCUT2D eigenvalue weighted by Gasteiger charge is 2.39. The van der Waals surface area contributed by atoms with Crippen molar-refractivity contribution in [2.24, 2.45) is 5.73 Å². The molecule has 1 atom stereocenters. The molecular formula is C10H25NO3Si. The Hall–Kier alpha value is 0.0569. The zero-order valence-electron chi connectivity index (χ0n) is 10.4. The number of hydrogen-bond donors (Lipinski definition) is 1. The van der Waals surface area contributed by atoms with Gasteiger partial charge in [-0.3, -0.25) is 0 Å². The summed E-state index contributed by atoms with van der Waals surface area (Å²) in [6, 6.07) is 0.971. The van der Waals surface area contributed by atoms with Crippen LogP contribution in [0.2, 0.25) is 6.04 Å². The third-order valence-electron chi connectivity index (χ3n) is 2.00. The van der Waals surface area contributed by atoms with Gasteiger partial charge in [0.2, 0.25) is 0 Å². The molecule has 0 aliphatic rings. The Morgan fingerprint density at radius 3 is 1.67 bits per heavy atom. The fraction of sp³-hybridized carbons (Fsp3) is 1.00. The van der Waals surface area contributed by atoms with Crippen LogP contribution in [0.15, 0.2) is 0 Å². The molecule has 0 bridgehead atoms. The van der Waals surface area contributed by atoms with Crippen LogP contribution in [0.1, 0.15) is 34.1 Å². The molecule has 0 saturated carbocycles. The van der Waals surface area contributed by atoms with E-state index in [0.29, 0.717) is 19.8 Å². The summed E-state index contributed by atoms with van der Waals surface area (Å²) in [6.07, 6.45) is 0.881. The van der Waals surface area contributed by atoms with E-state index in [1.54, 1.807) is 0 Å². The molecular weight excluding hydrogens is 210 g/mol. The average Bonchev–Trinajstić information content (AvgIpc) is 2.16. The summed E-state index contributed by atoms with van der Waals surface area (Å²) in [6.45, 7) is 9.77. The van der Waals surface area contributed by atoms with E-state index in [1.807, 2.05) is 27.7 Å². The molecule has 92 valence electrons. The molecule has 5 heteroatoms. The van der Waals surface area contributed by atoms with Gasteiger partial charge in [-0.15, -0.1) is 0 Å². The predicted molar refractivity (Wildman–Crippen MR) is 63.7 cm³/mol. The van der Waals surface area contributed by atoms with Crippen molar-refractivity contribution in [3.8, 4) is 0 Å². The fourth-order valence-electron chi connectivity index (χ4n) is 1.41. The van der Waals surface area contributed by atoms with E-state index in [9.17, 15) is 0 Å². The minimum atomic E-state index is -2.44. The van der Waals surface area contributed by atoms with E-state index in [2.05, 4.69) is 0 Å². The minimum absolute atomic E-state index is 0.165. The van der Waals surface area contributed by atoms with Gasteiger partial charge < -0.3 is 19.0 Å². The van der Waals surface area contributed by atoms with Gasteiger partial charge in [0.15, 0.2) is 0 Å². The normalized spacial score (nSPS) is 14.2. The van der Waals surface area contributed by atoms with Crippen LogP contribution in [0.4, 0.5) is 0 Å². The molecule has 0 saturated heterocycles. The van der Waals surface area contributed by atoms with E-state index in [0.717, 1.165) is 12.5 Å². The van der Waals surface area contributed by atoms with Gasteiger partial charge in [0.25, 0.3) is 0 Å². The molecule has 15 heavy (non-hydrogen) atoms. The van der Waals surface area contributed by atoms with E-state index in [4.69, 9.17) is 19.0 Å². The third kappa shape index (κ3) is 6.27. The lowest BCUT2D eigenvalue weighted by molar-refractivity contribution is 0.0704. The van der Waals surface area contributed by atoms with Crippen LogP contribution in [-0.2, 0) is 13.3 Å². The summed E-state index contributed by atoms with van der Waals surface area (Å²) < 4.78 is 17.1. The molecule has 0 radical (unpaired) electrons. The van der Waals surface area contributed by atoms with Crippen LogP contribution in [0.3, 0.4) is 0 Å². The van der Waals surface area contributed by atoms with Crippen molar-refractivity contribution in [1.29, 1.82) is 0 Å². The Labute approximate surface area is 94.5 Å². The molecule has 0 fully saturated rings. The lowest BCUT2D eigenvalue weighted by Crippen LogP contribution is -2.46. The van der Waals surface area contributed by atoms with Gasteiger partial charge in [-0.1, -0.05) is 0 Å². The van der Waals surface area contributed by atoms with Crippen molar-refractivity contribution in [1.82, 2.24) is 0 Å². The van der Waals surface area contributed by atoms with Crippen molar-refractivity contribution < 1.29 is 13.3 Å². The van der Waals surface area contributed by atoms with Gasteiger partial charge >= 0.3 is 8.80 Å². The van der Waals surface area contributed by atoms with Crippen LogP contribution < -0.4 is 5.73 Å². The summed E-state index contributed by atoms with van der Waals surface area (Å²) in [7, 11) is -2.44. The van der Waals surface area contributed by atoms with Gasteiger partial charge in [0.1, 0.15) is 0 Å². The molecule has 0 spiro atoms. The maximum absolute atomic E-state index is 5.74. The van der Waals surface area contributed by atoms with E-state index in [-0.39, 0.29) is 6.04 Å². The summed E-state index contributed by atoms with van der Waals surface area (Å²) in [5.41, 5.74) is 5.74. The van der Waals surface area contributed by atoms with Crippen LogP contribution >= 0.6 is 0 Å². The van der Waals surface area contributed by atoms with E-state index >= 15 is 0 Å². The molecule has 0 aromatic rings. The van der Waals surface area contributed by atoms with E-state index in [1.165, 1.54) is 0 Å². The third-order valence-corrected chi connectivity index (χ3v) is 5.09. The van der Waals surface area contributed by atoms with Gasteiger partial charge in [-0.2, -0.15) is 0 Å². The van der Waals surface area contributed by atoms with Crippen LogP contribution in [0, 0.1) is 0 Å². The second-order valence-corrected chi connectivity index (χ2v) is 6.23. The summed E-state index contributed by atoms with van der Waals surface area (Å²) >= 11 is 0. The van der Waals surface area contributed by atoms with Gasteiger partial charge in [-0.05, 0) is 34.1 Å². The SMILES string of the molecule is CCO[Si](CCC(C)N)(OCC)OCC. The average molecular weight is 235 g/mol. The van der Waals surface area contributed by atoms with Crippen LogP contribution in [0.5, 0.6) is 0 Å². The van der Waals surface area contributed by atoms with E-state index < -0.39 is 8.80 Å². The molecule has 0 aromatic heterocycles. The van der Waals surface area contributed by atoms with Crippen LogP contribution in [-0.4, -0.2) is 34.7 Å². The number of nitrogens with two attached hydrogens (primary N) is 1. The monoisotopic (exact) mass is 235 g/mol. The quantitative estimate of drug-likeness (QED) is 0.619. The van der Waals surface area contributed by atoms with Crippen molar-refractivity contribution in [2.45, 2.75) is 46.2 Å². The van der Waals surface area contributed by atoms with Gasteiger partial charge in [0, 0.05) is 31.9 Å². The Bertz CT molecular complexity index is 139. The van der Waals surface area contributed by atoms with Crippen molar-refractivity contribution in [3.63, 3.8) is 0 Å². The second kappa shape index (κ2) is 8.24. The van der Waals surface area contributed by atoms with Crippen molar-refractivity contribution in [2.75, 3.05) is 19.8 Å². The molecule has 0 amide bonds. The molecule has 0 aromatic carbocycles. The van der Waals surface area contributed by atoms with Crippen LogP contribution in [0.25, 0.3) is 0 Å². The largest absolute Gasteiger partial charge is 0.500 e. The van der Waals surface area contributed by atoms with Crippen molar-refractivity contribution in [3.05, 3.63) is 0 Å². The summed E-state index contributed by atoms with van der Waals surface area (Å²) in [5.74, 6) is 0. The molecule has 0 aliphatic heterocycles. The molecule has 4 nitrogen and oxygen atoms in total. The zero-order chi connectivity index (χ0) is 11.7. The topological polar surface area (TPSA) is 53.7 Å². The van der Waals surface area contributed by atoms with Crippen molar-refractivity contribution >= 4 is 8.80 Å². The smallest absolute Gasteiger partial charge is 0.374 e. The second-order valence-electron chi connectivity index (χ2n) is 3.50. The molecule has 2 N–H and O–H groups in total. The fourth-order valence-corrected chi connectivity index (χ4v) is 4.22. The summed E-state index contributed by atoms with van der Waals surface area (Å²) in [5, 5.41) is 0. The molecule has 1 unspecified atom stereocenters. The lowest BCUT2D eigenvalue weighted by atomic mass is 10.3. The standard InChI is InChI=1S/C10H25NO3Si/c1-5-12-15(13-6-2,14-7-3)9-8-10(4)11/h10H,5-9,11H2,1-4H3. The first-order valence-corrected chi connectivity index (χ1v) is 7.70. The minimum Gasteiger partial charge on any atom is -0.374 e. The Morgan fingerprint density at radius 2 is 1.40 bits per heavy atom. The highest BCUT2D eigenvalue weighted by Crippen LogP contribution is 2.18. The number of hydrogen-bond acceptors (Lipinski definition) is 4. The molecule has 0 heterocycles. The van der Waals surface area contributed by atoms with Gasteiger partial charge in [0.05, 0.1) is 0 Å². The number of rotatable bonds is 9. The first-order valence-electron chi connectivity index (χ1n) is 5.77. The first-order chi connectivity index (χ1) is 7.10. The summed E-state index contributed by atoms with van der Waals surface area (Å²) in [4.78, 5) is 0. The highest BCUT2D eigenvalue weighted by molar-refractivity contribution is 6.60. The maximum Gasteiger partial charge on any atom is 0.500 e. The lowest BCUT2D eigenvalue weighted by Gasteiger charge is -2.28. The zero-order valence-corrected chi connectivity index (χ0v) is 11.4. The Balaban J connectivity index is 4.31. The Kier molecular flexibility index (Phi) is 8.27. The Morgan fingerprint density at radius 1 is 1.00 bits per heavy atom. The maximum atomic E-state index is 5.74. The molecule has 0 rings (SSSR count). The first kappa shape index (κ1) is 15.1.